The topological polar surface area (TPSA) is 113 Å². The first-order valence-corrected chi connectivity index (χ1v) is 14.3. The Bertz CT molecular complexity index is 1680. The van der Waals surface area contributed by atoms with Crippen LogP contribution in [0.5, 0.6) is 5.75 Å². The van der Waals surface area contributed by atoms with Gasteiger partial charge in [-0.3, -0.25) is 19.3 Å². The van der Waals surface area contributed by atoms with E-state index in [1.165, 1.54) is 11.3 Å². The molecule has 3 N–H and O–H groups in total. The fourth-order valence-electron chi connectivity index (χ4n) is 4.97. The highest BCUT2D eigenvalue weighted by molar-refractivity contribution is 7.19. The van der Waals surface area contributed by atoms with Crippen molar-refractivity contribution < 1.29 is 19.4 Å². The average molecular weight is 595 g/mol. The lowest BCUT2D eigenvalue weighted by atomic mass is 10.1. The summed E-state index contributed by atoms with van der Waals surface area (Å²) in [7, 11) is 3.79. The van der Waals surface area contributed by atoms with Crippen LogP contribution >= 0.6 is 22.9 Å². The van der Waals surface area contributed by atoms with Gasteiger partial charge < -0.3 is 25.0 Å². The number of halogens is 1. The van der Waals surface area contributed by atoms with Crippen LogP contribution < -0.4 is 20.8 Å². The Morgan fingerprint density at radius 2 is 2.00 bits per heavy atom. The molecule has 2 aromatic carbocycles. The molecule has 1 aliphatic heterocycles. The maximum absolute atomic E-state index is 13.4. The minimum Gasteiger partial charge on any atom is -0.482 e. The standard InChI is InChI=1S/C30H31ClN4O5S/c1-17-25(15-34(2)14-23(36)19-6-9-24-22(10-19)33-27(38)16-40-24)41-30-28(17)35(3)13-20(29(30)39)11-26(37)32-12-18-4-7-21(31)8-5-18/h4-10,13,23,36H,11-12,14-16H2,1-3H3,(H,32,37)(H,33,38). The molecule has 1 atom stereocenters. The second kappa shape index (κ2) is 12.0. The van der Waals surface area contributed by atoms with Gasteiger partial charge in [0.2, 0.25) is 11.3 Å². The number of rotatable bonds is 9. The number of amides is 2. The molecule has 0 aliphatic carbocycles. The summed E-state index contributed by atoms with van der Waals surface area (Å²) in [4.78, 5) is 40.7. The van der Waals surface area contributed by atoms with Gasteiger partial charge in [-0.2, -0.15) is 0 Å². The summed E-state index contributed by atoms with van der Waals surface area (Å²) >= 11 is 7.35. The van der Waals surface area contributed by atoms with Crippen LogP contribution in [-0.4, -0.2) is 46.6 Å². The van der Waals surface area contributed by atoms with Gasteiger partial charge in [0, 0.05) is 48.3 Å². The SMILES string of the molecule is Cc1c(CN(C)CC(O)c2ccc3c(c2)NC(=O)CO3)sc2c(=O)c(CC(=O)NCc3ccc(Cl)cc3)cn(C)c12. The summed E-state index contributed by atoms with van der Waals surface area (Å²) in [6.07, 6.45) is 0.936. The molecule has 0 bridgehead atoms. The molecule has 5 rings (SSSR count). The molecule has 0 radical (unpaired) electrons. The molecule has 3 heterocycles. The first-order valence-electron chi connectivity index (χ1n) is 13.1. The number of carbonyl (C=O) groups excluding carboxylic acids is 2. The maximum Gasteiger partial charge on any atom is 0.262 e. The van der Waals surface area contributed by atoms with E-state index in [9.17, 15) is 19.5 Å². The van der Waals surface area contributed by atoms with E-state index in [0.29, 0.717) is 51.9 Å². The van der Waals surface area contributed by atoms with Gasteiger partial charge in [0.1, 0.15) is 5.75 Å². The number of benzene rings is 2. The third-order valence-electron chi connectivity index (χ3n) is 7.09. The number of pyridine rings is 1. The molecule has 11 heteroatoms. The van der Waals surface area contributed by atoms with Gasteiger partial charge >= 0.3 is 0 Å². The number of likely N-dealkylation sites (N-methyl/N-ethyl adjacent to an activating group) is 1. The molecule has 2 aromatic heterocycles. The number of hydrogen-bond acceptors (Lipinski definition) is 7. The monoisotopic (exact) mass is 594 g/mol. The second-order valence-electron chi connectivity index (χ2n) is 10.3. The summed E-state index contributed by atoms with van der Waals surface area (Å²) in [6.45, 7) is 3.20. The Morgan fingerprint density at radius 3 is 2.76 bits per heavy atom. The normalized spacial score (nSPS) is 13.6. The number of nitrogens with one attached hydrogen (secondary N) is 2. The van der Waals surface area contributed by atoms with Crippen LogP contribution in [0.15, 0.2) is 53.5 Å². The summed E-state index contributed by atoms with van der Waals surface area (Å²) in [6, 6.07) is 12.5. The van der Waals surface area contributed by atoms with Crippen LogP contribution in [0.1, 0.15) is 33.2 Å². The first-order chi connectivity index (χ1) is 19.6. The molecule has 214 valence electrons. The number of ether oxygens (including phenoxy) is 1. The summed E-state index contributed by atoms with van der Waals surface area (Å²) < 4.78 is 7.92. The highest BCUT2D eigenvalue weighted by Gasteiger charge is 2.21. The fourth-order valence-corrected chi connectivity index (χ4v) is 6.49. The predicted molar refractivity (Wildman–Crippen MR) is 161 cm³/mol. The summed E-state index contributed by atoms with van der Waals surface area (Å²) in [5, 5.41) is 17.2. The molecule has 9 nitrogen and oxygen atoms in total. The van der Waals surface area contributed by atoms with Gasteiger partial charge in [0.25, 0.3) is 5.91 Å². The van der Waals surface area contributed by atoms with E-state index < -0.39 is 6.10 Å². The van der Waals surface area contributed by atoms with Crippen molar-refractivity contribution in [3.8, 4) is 5.75 Å². The maximum atomic E-state index is 13.4. The number of carbonyl (C=O) groups is 2. The largest absolute Gasteiger partial charge is 0.482 e. The third-order valence-corrected chi connectivity index (χ3v) is 8.60. The van der Waals surface area contributed by atoms with Gasteiger partial charge in [-0.05, 0) is 54.9 Å². The van der Waals surface area contributed by atoms with Crippen molar-refractivity contribution in [2.75, 3.05) is 25.5 Å². The molecule has 2 amide bonds. The van der Waals surface area contributed by atoms with Gasteiger partial charge in [-0.1, -0.05) is 29.8 Å². The molecular formula is C30H31ClN4O5S. The van der Waals surface area contributed by atoms with E-state index >= 15 is 0 Å². The van der Waals surface area contributed by atoms with Gasteiger partial charge in [-0.15, -0.1) is 11.3 Å². The van der Waals surface area contributed by atoms with Gasteiger partial charge in [-0.25, -0.2) is 0 Å². The Morgan fingerprint density at radius 1 is 1.24 bits per heavy atom. The van der Waals surface area contributed by atoms with Crippen LogP contribution in [0.25, 0.3) is 10.2 Å². The fraction of sp³-hybridized carbons (Fsp3) is 0.300. The highest BCUT2D eigenvalue weighted by atomic mass is 35.5. The van der Waals surface area contributed by atoms with Crippen molar-refractivity contribution >= 4 is 50.7 Å². The zero-order valence-corrected chi connectivity index (χ0v) is 24.6. The van der Waals surface area contributed by atoms with Crippen molar-refractivity contribution in [2.45, 2.75) is 32.5 Å². The van der Waals surface area contributed by atoms with Crippen molar-refractivity contribution in [1.29, 1.82) is 0 Å². The van der Waals surface area contributed by atoms with Gasteiger partial charge in [0.15, 0.2) is 6.61 Å². The molecular weight excluding hydrogens is 564 g/mol. The van der Waals surface area contributed by atoms with Gasteiger partial charge in [0.05, 0.1) is 28.4 Å². The van der Waals surface area contributed by atoms with Crippen LogP contribution in [0.4, 0.5) is 5.69 Å². The van der Waals surface area contributed by atoms with E-state index in [2.05, 4.69) is 10.6 Å². The molecule has 0 fully saturated rings. The lowest BCUT2D eigenvalue weighted by Crippen LogP contribution is -2.27. The van der Waals surface area contributed by atoms with Crippen LogP contribution in [0, 0.1) is 6.92 Å². The summed E-state index contributed by atoms with van der Waals surface area (Å²) in [5.41, 5.74) is 4.28. The molecule has 4 aromatic rings. The average Bonchev–Trinajstić information content (AvgIpc) is 3.26. The van der Waals surface area contributed by atoms with E-state index in [4.69, 9.17) is 16.3 Å². The number of nitrogens with zero attached hydrogens (tertiary/aromatic N) is 2. The number of aryl methyl sites for hydroxylation is 2. The van der Waals surface area contributed by atoms with E-state index in [1.54, 1.807) is 36.5 Å². The van der Waals surface area contributed by atoms with E-state index in [1.807, 2.05) is 42.6 Å². The number of aliphatic hydroxyl groups is 1. The van der Waals surface area contributed by atoms with E-state index in [0.717, 1.165) is 21.5 Å². The van der Waals surface area contributed by atoms with Crippen LogP contribution in [0.3, 0.4) is 0 Å². The Kier molecular flexibility index (Phi) is 8.46. The smallest absolute Gasteiger partial charge is 0.262 e. The zero-order valence-electron chi connectivity index (χ0n) is 23.0. The van der Waals surface area contributed by atoms with Crippen molar-refractivity contribution in [1.82, 2.24) is 14.8 Å². The number of hydrogen-bond donors (Lipinski definition) is 3. The van der Waals surface area contributed by atoms with E-state index in [-0.39, 0.29) is 30.3 Å². The lowest BCUT2D eigenvalue weighted by Gasteiger charge is -2.23. The number of aromatic nitrogens is 1. The molecule has 41 heavy (non-hydrogen) atoms. The lowest BCUT2D eigenvalue weighted by molar-refractivity contribution is -0.120. The number of fused-ring (bicyclic) bond motifs is 2. The van der Waals surface area contributed by atoms with Crippen molar-refractivity contribution in [3.63, 3.8) is 0 Å². The summed E-state index contributed by atoms with van der Waals surface area (Å²) in [5.74, 6) is 0.121. The minimum absolute atomic E-state index is 0.0130. The van der Waals surface area contributed by atoms with Crippen molar-refractivity contribution in [3.05, 3.63) is 91.0 Å². The minimum atomic E-state index is -0.789. The Hall–Kier alpha value is -3.70. The quantitative estimate of drug-likeness (QED) is 0.271. The number of thiophene rings is 1. The Labute approximate surface area is 246 Å². The number of aliphatic hydroxyl groups excluding tert-OH is 1. The van der Waals surface area contributed by atoms with Crippen LogP contribution in [0.2, 0.25) is 5.02 Å². The predicted octanol–water partition coefficient (Wildman–Crippen LogP) is 3.92. The molecule has 1 aliphatic rings. The molecule has 0 saturated carbocycles. The van der Waals surface area contributed by atoms with Crippen molar-refractivity contribution in [2.24, 2.45) is 7.05 Å². The van der Waals surface area contributed by atoms with Crippen LogP contribution in [-0.2, 0) is 36.1 Å². The third kappa shape index (κ3) is 6.46. The molecule has 1 unspecified atom stereocenters. The first kappa shape index (κ1) is 28.8. The zero-order chi connectivity index (χ0) is 29.3. The Balaban J connectivity index is 1.27. The second-order valence-corrected chi connectivity index (χ2v) is 11.8. The molecule has 0 spiro atoms. The highest BCUT2D eigenvalue weighted by Crippen LogP contribution is 2.32. The molecule has 0 saturated heterocycles. The number of anilines is 1.